The molecule has 4 rings (SSSR count). The average molecular weight is 639 g/mol. The van der Waals surface area contributed by atoms with Gasteiger partial charge < -0.3 is 10.2 Å². The molecule has 2 saturated heterocycles. The summed E-state index contributed by atoms with van der Waals surface area (Å²) in [6.07, 6.45) is -7.87. The van der Waals surface area contributed by atoms with E-state index in [-0.39, 0.29) is 41.9 Å². The smallest absolute Gasteiger partial charge is 0.338 e. The van der Waals surface area contributed by atoms with Gasteiger partial charge in [-0.15, -0.1) is 24.8 Å². The molecule has 2 aliphatic heterocycles. The molecule has 2 atom stereocenters. The Labute approximate surface area is 245 Å². The summed E-state index contributed by atoms with van der Waals surface area (Å²) in [6.45, 7) is 2.78. The number of carbonyl (C=O) groups excluding carboxylic acids is 1. The Morgan fingerprint density at radius 2 is 1.52 bits per heavy atom. The van der Waals surface area contributed by atoms with Gasteiger partial charge in [-0.2, -0.15) is 26.3 Å². The maximum atomic E-state index is 13.9. The summed E-state index contributed by atoms with van der Waals surface area (Å²) >= 11 is 6.03. The van der Waals surface area contributed by atoms with E-state index < -0.39 is 52.7 Å². The molecular formula is C26H29Cl3F7N3O. The summed E-state index contributed by atoms with van der Waals surface area (Å²) in [5, 5.41) is 3.19. The molecule has 2 aliphatic rings. The molecule has 2 aromatic rings. The lowest BCUT2D eigenvalue weighted by atomic mass is 9.83. The predicted molar refractivity (Wildman–Crippen MR) is 143 cm³/mol. The van der Waals surface area contributed by atoms with Gasteiger partial charge in [0.15, 0.2) is 0 Å². The summed E-state index contributed by atoms with van der Waals surface area (Å²) in [5.41, 5.74) is -3.16. The van der Waals surface area contributed by atoms with Gasteiger partial charge in [0.25, 0.3) is 5.91 Å². The van der Waals surface area contributed by atoms with Crippen LogP contribution in [0.15, 0.2) is 36.4 Å². The van der Waals surface area contributed by atoms with Gasteiger partial charge in [-0.1, -0.05) is 17.7 Å². The van der Waals surface area contributed by atoms with E-state index in [2.05, 4.69) is 10.2 Å². The largest absolute Gasteiger partial charge is 0.416 e. The number of nitrogens with one attached hydrogen (secondary N) is 1. The number of likely N-dealkylation sites (tertiary alicyclic amines) is 1. The lowest BCUT2D eigenvalue weighted by Crippen LogP contribution is -2.54. The summed E-state index contributed by atoms with van der Waals surface area (Å²) < 4.78 is 94.2. The van der Waals surface area contributed by atoms with Gasteiger partial charge >= 0.3 is 12.4 Å². The molecule has 2 heterocycles. The molecule has 0 radical (unpaired) electrons. The number of piperidine rings is 2. The average Bonchev–Trinajstić information content (AvgIpc) is 2.88. The Bertz CT molecular complexity index is 1140. The first-order valence-electron chi connectivity index (χ1n) is 12.2. The van der Waals surface area contributed by atoms with Crippen LogP contribution in [0.3, 0.4) is 0 Å². The van der Waals surface area contributed by atoms with E-state index in [0.717, 1.165) is 25.9 Å². The normalized spacial score (nSPS) is 20.8. The third-order valence-corrected chi connectivity index (χ3v) is 7.75. The van der Waals surface area contributed by atoms with E-state index in [4.69, 9.17) is 11.6 Å². The highest BCUT2D eigenvalue weighted by Gasteiger charge is 2.40. The number of likely N-dealkylation sites (N-methyl/N-ethyl adjacent to an activating group) is 1. The van der Waals surface area contributed by atoms with Crippen molar-refractivity contribution in [2.45, 2.75) is 49.6 Å². The predicted octanol–water partition coefficient (Wildman–Crippen LogP) is 7.04. The number of rotatable bonds is 4. The second-order valence-corrected chi connectivity index (χ2v) is 10.2. The van der Waals surface area contributed by atoms with E-state index in [1.165, 1.54) is 24.1 Å². The van der Waals surface area contributed by atoms with E-state index in [0.29, 0.717) is 37.2 Å². The molecule has 0 spiro atoms. The van der Waals surface area contributed by atoms with Gasteiger partial charge in [0, 0.05) is 43.7 Å². The van der Waals surface area contributed by atoms with Crippen molar-refractivity contribution in [3.8, 4) is 0 Å². The molecule has 14 heteroatoms. The van der Waals surface area contributed by atoms with Crippen LogP contribution in [0.25, 0.3) is 0 Å². The van der Waals surface area contributed by atoms with Gasteiger partial charge in [-0.05, 0) is 68.2 Å². The molecule has 224 valence electrons. The molecule has 0 saturated carbocycles. The van der Waals surface area contributed by atoms with E-state index >= 15 is 0 Å². The van der Waals surface area contributed by atoms with Crippen LogP contribution in [0.1, 0.15) is 52.2 Å². The minimum atomic E-state index is -5.07. The number of nitrogens with zero attached hydrogens (tertiary/aromatic N) is 2. The quantitative estimate of drug-likeness (QED) is 0.365. The lowest BCUT2D eigenvalue weighted by molar-refractivity contribution is -0.143. The Morgan fingerprint density at radius 1 is 0.950 bits per heavy atom. The molecule has 4 nitrogen and oxygen atoms in total. The van der Waals surface area contributed by atoms with Crippen LogP contribution in [0.5, 0.6) is 0 Å². The van der Waals surface area contributed by atoms with Gasteiger partial charge in [-0.25, -0.2) is 4.39 Å². The van der Waals surface area contributed by atoms with Crippen LogP contribution in [0, 0.1) is 5.82 Å². The van der Waals surface area contributed by atoms with Gasteiger partial charge in [0.05, 0.1) is 16.1 Å². The second kappa shape index (κ2) is 13.5. The molecule has 0 aliphatic carbocycles. The Balaban J connectivity index is 0.00000280. The fourth-order valence-corrected chi connectivity index (χ4v) is 5.62. The van der Waals surface area contributed by atoms with Gasteiger partial charge in [0.1, 0.15) is 5.82 Å². The maximum absolute atomic E-state index is 13.9. The zero-order valence-corrected chi connectivity index (χ0v) is 23.7. The summed E-state index contributed by atoms with van der Waals surface area (Å²) in [4.78, 5) is 16.9. The Kier molecular flexibility index (Phi) is 11.6. The van der Waals surface area contributed by atoms with E-state index in [9.17, 15) is 35.5 Å². The number of alkyl halides is 6. The fourth-order valence-electron chi connectivity index (χ4n) is 5.44. The topological polar surface area (TPSA) is 35.6 Å². The molecule has 2 aromatic carbocycles. The van der Waals surface area contributed by atoms with Crippen molar-refractivity contribution in [3.63, 3.8) is 0 Å². The van der Waals surface area contributed by atoms with Crippen molar-refractivity contribution < 1.29 is 35.5 Å². The van der Waals surface area contributed by atoms with Crippen LogP contribution >= 0.6 is 36.4 Å². The van der Waals surface area contributed by atoms with Crippen LogP contribution < -0.4 is 5.32 Å². The zero-order valence-electron chi connectivity index (χ0n) is 21.3. The minimum Gasteiger partial charge on any atom is -0.338 e. The Morgan fingerprint density at radius 3 is 2.05 bits per heavy atom. The van der Waals surface area contributed by atoms with Crippen molar-refractivity contribution >= 4 is 42.3 Å². The van der Waals surface area contributed by atoms with Crippen molar-refractivity contribution in [2.75, 3.05) is 33.2 Å². The molecule has 0 aromatic heterocycles. The third kappa shape index (κ3) is 7.73. The first-order chi connectivity index (χ1) is 17.8. The van der Waals surface area contributed by atoms with Gasteiger partial charge in [0.2, 0.25) is 0 Å². The van der Waals surface area contributed by atoms with Crippen molar-refractivity contribution in [1.29, 1.82) is 0 Å². The zero-order chi connectivity index (χ0) is 27.8. The molecular weight excluding hydrogens is 610 g/mol. The summed E-state index contributed by atoms with van der Waals surface area (Å²) in [6, 6.07) is 4.84. The van der Waals surface area contributed by atoms with Crippen molar-refractivity contribution in [3.05, 3.63) is 69.5 Å². The number of hydrogen-bond donors (Lipinski definition) is 1. The van der Waals surface area contributed by atoms with E-state index in [1.54, 1.807) is 6.07 Å². The SMILES string of the molecule is CN(C(=O)c1cc(C(F)(F)F)cc(C(F)(F)F)c1)[C@@H]1CCN(C2CCNCC2)C[C@H]1c1ccc(F)c(Cl)c1.Cl.Cl. The first-order valence-corrected chi connectivity index (χ1v) is 12.6. The molecule has 0 bridgehead atoms. The van der Waals surface area contributed by atoms with Crippen LogP contribution in [-0.4, -0.2) is 61.0 Å². The summed E-state index contributed by atoms with van der Waals surface area (Å²) in [7, 11) is 1.37. The van der Waals surface area contributed by atoms with Gasteiger partial charge in [-0.3, -0.25) is 9.69 Å². The Hall–Kier alpha value is -1.79. The standard InChI is InChI=1S/C26H27ClF7N3O.2ClH/c1-36(24(38)16-10-17(25(29,30)31)13-18(11-16)26(32,33)34)23-6-9-37(19-4-7-35-8-5-19)14-20(23)15-2-3-22(28)21(27)12-15;;/h2-3,10-13,19-20,23,35H,4-9,14H2,1H3;2*1H/t20-,23+;;/m0../s1. The van der Waals surface area contributed by atoms with E-state index in [1.807, 2.05) is 0 Å². The first kappa shape index (κ1) is 34.4. The highest BCUT2D eigenvalue weighted by Crippen LogP contribution is 2.38. The molecule has 40 heavy (non-hydrogen) atoms. The fraction of sp³-hybridized carbons (Fsp3) is 0.500. The summed E-state index contributed by atoms with van der Waals surface area (Å²) in [5.74, 6) is -1.97. The number of amides is 1. The van der Waals surface area contributed by atoms with Crippen LogP contribution in [0.2, 0.25) is 5.02 Å². The number of benzene rings is 2. The number of carbonyl (C=O) groups is 1. The third-order valence-electron chi connectivity index (χ3n) is 7.46. The highest BCUT2D eigenvalue weighted by molar-refractivity contribution is 6.30. The van der Waals surface area contributed by atoms with Crippen molar-refractivity contribution in [2.24, 2.45) is 0 Å². The maximum Gasteiger partial charge on any atom is 0.416 e. The second-order valence-electron chi connectivity index (χ2n) is 9.82. The van der Waals surface area contributed by atoms with Crippen molar-refractivity contribution in [1.82, 2.24) is 15.1 Å². The van der Waals surface area contributed by atoms with Crippen LogP contribution in [-0.2, 0) is 12.4 Å². The minimum absolute atomic E-state index is 0. The number of hydrogen-bond acceptors (Lipinski definition) is 3. The van der Waals surface area contributed by atoms with Crippen LogP contribution in [0.4, 0.5) is 30.7 Å². The molecule has 1 N–H and O–H groups in total. The molecule has 2 fully saturated rings. The molecule has 1 amide bonds. The highest BCUT2D eigenvalue weighted by atomic mass is 35.5. The molecule has 0 unspecified atom stereocenters. The lowest BCUT2D eigenvalue weighted by Gasteiger charge is -2.46. The monoisotopic (exact) mass is 637 g/mol. The number of halogens is 10.